The smallest absolute Gasteiger partial charge is 0.329 e. The standard InChI is InChI=1S/C12H21NO4/c1-8(2)9(3)10(14)13-12(11(15)16)4-6-17-7-5-12/h8-9H,4-7H2,1-3H3,(H,13,14)(H,15,16). The van der Waals surface area contributed by atoms with Gasteiger partial charge in [0.1, 0.15) is 5.54 Å². The summed E-state index contributed by atoms with van der Waals surface area (Å²) in [6.45, 7) is 6.46. The van der Waals surface area contributed by atoms with Crippen molar-refractivity contribution in [1.82, 2.24) is 5.32 Å². The number of carbonyl (C=O) groups is 2. The van der Waals surface area contributed by atoms with Crippen molar-refractivity contribution in [2.45, 2.75) is 39.2 Å². The third-order valence-corrected chi connectivity index (χ3v) is 3.53. The van der Waals surface area contributed by atoms with E-state index >= 15 is 0 Å². The van der Waals surface area contributed by atoms with Crippen molar-refractivity contribution in [3.8, 4) is 0 Å². The highest BCUT2D eigenvalue weighted by Crippen LogP contribution is 2.22. The predicted octanol–water partition coefficient (Wildman–Crippen LogP) is 1.03. The first-order valence-electron chi connectivity index (χ1n) is 6.02. The fourth-order valence-electron chi connectivity index (χ4n) is 1.76. The van der Waals surface area contributed by atoms with Gasteiger partial charge >= 0.3 is 5.97 Å². The third-order valence-electron chi connectivity index (χ3n) is 3.53. The summed E-state index contributed by atoms with van der Waals surface area (Å²) < 4.78 is 5.15. The van der Waals surface area contributed by atoms with Crippen molar-refractivity contribution in [2.75, 3.05) is 13.2 Å². The number of rotatable bonds is 4. The highest BCUT2D eigenvalue weighted by atomic mass is 16.5. The molecule has 1 rings (SSSR count). The molecular weight excluding hydrogens is 222 g/mol. The average Bonchev–Trinajstić information content (AvgIpc) is 2.28. The first-order chi connectivity index (χ1) is 7.89. The Morgan fingerprint density at radius 1 is 1.24 bits per heavy atom. The zero-order valence-electron chi connectivity index (χ0n) is 10.7. The fraction of sp³-hybridized carbons (Fsp3) is 0.833. The summed E-state index contributed by atoms with van der Waals surface area (Å²) in [6.07, 6.45) is 0.664. The van der Waals surface area contributed by atoms with E-state index in [2.05, 4.69) is 5.32 Å². The molecular formula is C12H21NO4. The lowest BCUT2D eigenvalue weighted by molar-refractivity contribution is -0.153. The monoisotopic (exact) mass is 243 g/mol. The molecule has 1 aliphatic rings. The minimum Gasteiger partial charge on any atom is -0.480 e. The van der Waals surface area contributed by atoms with Crippen LogP contribution in [-0.4, -0.2) is 35.7 Å². The number of carboxylic acids is 1. The van der Waals surface area contributed by atoms with Crippen LogP contribution in [0.4, 0.5) is 0 Å². The SMILES string of the molecule is CC(C)C(C)C(=O)NC1(C(=O)O)CCOCC1. The summed E-state index contributed by atoms with van der Waals surface area (Å²) in [4.78, 5) is 23.3. The molecule has 1 atom stereocenters. The lowest BCUT2D eigenvalue weighted by Gasteiger charge is -2.35. The summed E-state index contributed by atoms with van der Waals surface area (Å²) >= 11 is 0. The van der Waals surface area contributed by atoms with Crippen LogP contribution in [0.3, 0.4) is 0 Å². The second-order valence-electron chi connectivity index (χ2n) is 5.02. The Bertz CT molecular complexity index is 295. The van der Waals surface area contributed by atoms with Gasteiger partial charge in [0.25, 0.3) is 0 Å². The highest BCUT2D eigenvalue weighted by Gasteiger charge is 2.42. The minimum absolute atomic E-state index is 0.186. The van der Waals surface area contributed by atoms with Crippen molar-refractivity contribution in [1.29, 1.82) is 0 Å². The second kappa shape index (κ2) is 5.49. The molecule has 0 aromatic rings. The Kier molecular flexibility index (Phi) is 4.51. The molecule has 1 heterocycles. The van der Waals surface area contributed by atoms with E-state index in [9.17, 15) is 14.7 Å². The highest BCUT2D eigenvalue weighted by molar-refractivity contribution is 5.88. The molecule has 1 unspecified atom stereocenters. The van der Waals surface area contributed by atoms with Crippen molar-refractivity contribution < 1.29 is 19.4 Å². The lowest BCUT2D eigenvalue weighted by Crippen LogP contribution is -2.58. The normalized spacial score (nSPS) is 20.9. The van der Waals surface area contributed by atoms with Crippen molar-refractivity contribution >= 4 is 11.9 Å². The average molecular weight is 243 g/mol. The quantitative estimate of drug-likeness (QED) is 0.773. The van der Waals surface area contributed by atoms with Crippen LogP contribution in [0.5, 0.6) is 0 Å². The van der Waals surface area contributed by atoms with Gasteiger partial charge in [-0.3, -0.25) is 4.79 Å². The number of carboxylic acid groups (broad SMARTS) is 1. The van der Waals surface area contributed by atoms with Gasteiger partial charge in [0.15, 0.2) is 0 Å². The van der Waals surface area contributed by atoms with E-state index in [1.807, 2.05) is 20.8 Å². The first kappa shape index (κ1) is 14.0. The van der Waals surface area contributed by atoms with Crippen LogP contribution in [0.1, 0.15) is 33.6 Å². The van der Waals surface area contributed by atoms with Crippen molar-refractivity contribution in [3.05, 3.63) is 0 Å². The number of carbonyl (C=O) groups excluding carboxylic acids is 1. The van der Waals surface area contributed by atoms with Gasteiger partial charge in [0, 0.05) is 32.0 Å². The molecule has 1 amide bonds. The molecule has 17 heavy (non-hydrogen) atoms. The van der Waals surface area contributed by atoms with Crippen LogP contribution in [0.25, 0.3) is 0 Å². The maximum Gasteiger partial charge on any atom is 0.329 e. The predicted molar refractivity (Wildman–Crippen MR) is 62.6 cm³/mol. The molecule has 0 radical (unpaired) electrons. The number of hydrogen-bond donors (Lipinski definition) is 2. The minimum atomic E-state index is -1.14. The third kappa shape index (κ3) is 3.19. The van der Waals surface area contributed by atoms with E-state index in [1.165, 1.54) is 0 Å². The number of hydrogen-bond acceptors (Lipinski definition) is 3. The van der Waals surface area contributed by atoms with E-state index in [0.717, 1.165) is 0 Å². The molecule has 1 aliphatic heterocycles. The molecule has 1 fully saturated rings. The molecule has 0 aromatic heterocycles. The van der Waals surface area contributed by atoms with E-state index in [4.69, 9.17) is 4.74 Å². The van der Waals surface area contributed by atoms with Crippen LogP contribution >= 0.6 is 0 Å². The zero-order chi connectivity index (χ0) is 13.1. The number of ether oxygens (including phenoxy) is 1. The molecule has 0 aliphatic carbocycles. The van der Waals surface area contributed by atoms with Gasteiger partial charge in [-0.25, -0.2) is 4.79 Å². The lowest BCUT2D eigenvalue weighted by atomic mass is 9.88. The van der Waals surface area contributed by atoms with Crippen molar-refractivity contribution in [3.63, 3.8) is 0 Å². The summed E-state index contributed by atoms with van der Waals surface area (Å²) in [7, 11) is 0. The molecule has 2 N–H and O–H groups in total. The fourth-order valence-corrected chi connectivity index (χ4v) is 1.76. The number of amides is 1. The van der Waals surface area contributed by atoms with Gasteiger partial charge in [0.05, 0.1) is 0 Å². The Hall–Kier alpha value is -1.10. The van der Waals surface area contributed by atoms with Crippen LogP contribution in [-0.2, 0) is 14.3 Å². The van der Waals surface area contributed by atoms with Crippen LogP contribution in [0.2, 0.25) is 0 Å². The van der Waals surface area contributed by atoms with Crippen LogP contribution in [0, 0.1) is 11.8 Å². The topological polar surface area (TPSA) is 75.6 Å². The Morgan fingerprint density at radius 3 is 2.18 bits per heavy atom. The number of nitrogens with one attached hydrogen (secondary N) is 1. The zero-order valence-corrected chi connectivity index (χ0v) is 10.7. The van der Waals surface area contributed by atoms with E-state index in [0.29, 0.717) is 26.1 Å². The molecule has 0 spiro atoms. The molecule has 0 bridgehead atoms. The van der Waals surface area contributed by atoms with Gasteiger partial charge in [-0.05, 0) is 5.92 Å². The molecule has 0 aromatic carbocycles. The maximum absolute atomic E-state index is 11.9. The maximum atomic E-state index is 11.9. The first-order valence-corrected chi connectivity index (χ1v) is 6.02. The van der Waals surface area contributed by atoms with Gasteiger partial charge in [-0.15, -0.1) is 0 Å². The van der Waals surface area contributed by atoms with E-state index < -0.39 is 11.5 Å². The van der Waals surface area contributed by atoms with Gasteiger partial charge in [-0.2, -0.15) is 0 Å². The van der Waals surface area contributed by atoms with Gasteiger partial charge in [-0.1, -0.05) is 20.8 Å². The summed E-state index contributed by atoms with van der Waals surface area (Å²) in [5, 5.41) is 12.0. The molecule has 5 heteroatoms. The van der Waals surface area contributed by atoms with Crippen LogP contribution < -0.4 is 5.32 Å². The molecule has 1 saturated heterocycles. The molecule has 0 saturated carbocycles. The van der Waals surface area contributed by atoms with E-state index in [1.54, 1.807) is 0 Å². The van der Waals surface area contributed by atoms with Crippen molar-refractivity contribution in [2.24, 2.45) is 11.8 Å². The number of aliphatic carboxylic acids is 1. The Morgan fingerprint density at radius 2 is 1.76 bits per heavy atom. The molecule has 5 nitrogen and oxygen atoms in total. The van der Waals surface area contributed by atoms with Gasteiger partial charge in [0.2, 0.25) is 5.91 Å². The van der Waals surface area contributed by atoms with Crippen LogP contribution in [0.15, 0.2) is 0 Å². The van der Waals surface area contributed by atoms with Gasteiger partial charge < -0.3 is 15.2 Å². The summed E-state index contributed by atoms with van der Waals surface area (Å²) in [6, 6.07) is 0. The second-order valence-corrected chi connectivity index (χ2v) is 5.02. The Balaban J connectivity index is 2.73. The largest absolute Gasteiger partial charge is 0.480 e. The van der Waals surface area contributed by atoms with E-state index in [-0.39, 0.29) is 17.7 Å². The molecule has 98 valence electrons. The summed E-state index contributed by atoms with van der Waals surface area (Å²) in [5.41, 5.74) is -1.14. The summed E-state index contributed by atoms with van der Waals surface area (Å²) in [5.74, 6) is -1.15. The Labute approximate surface area is 102 Å².